The van der Waals surface area contributed by atoms with E-state index in [1.165, 1.54) is 5.56 Å². The maximum absolute atomic E-state index is 5.92. The van der Waals surface area contributed by atoms with Crippen LogP contribution in [0.2, 0.25) is 0 Å². The van der Waals surface area contributed by atoms with Gasteiger partial charge in [0, 0.05) is 17.8 Å². The minimum atomic E-state index is 0.216. The van der Waals surface area contributed by atoms with Gasteiger partial charge in [-0.25, -0.2) is 0 Å². The van der Waals surface area contributed by atoms with E-state index in [-0.39, 0.29) is 5.92 Å². The molecule has 2 unspecified atom stereocenters. The number of nitrogens with two attached hydrogens (primary N) is 1. The molecule has 2 aromatic heterocycles. The average molecular weight is 280 g/mol. The first-order valence-electron chi connectivity index (χ1n) is 7.35. The molecule has 0 radical (unpaired) electrons. The SMILES string of the molecule is CCC(C)C(c1ccccc1)c1nnc2ccc(N)cn12. The number of benzene rings is 1. The van der Waals surface area contributed by atoms with E-state index in [0.717, 1.165) is 23.6 Å². The second kappa shape index (κ2) is 5.56. The van der Waals surface area contributed by atoms with Crippen molar-refractivity contribution in [3.05, 3.63) is 60.0 Å². The van der Waals surface area contributed by atoms with Gasteiger partial charge in [0.25, 0.3) is 0 Å². The summed E-state index contributed by atoms with van der Waals surface area (Å²) in [6, 6.07) is 14.3. The van der Waals surface area contributed by atoms with Crippen LogP contribution in [0.3, 0.4) is 0 Å². The molecule has 0 aliphatic carbocycles. The Hall–Kier alpha value is -2.36. The van der Waals surface area contributed by atoms with Gasteiger partial charge in [-0.05, 0) is 23.6 Å². The van der Waals surface area contributed by atoms with Crippen LogP contribution < -0.4 is 5.73 Å². The summed E-state index contributed by atoms with van der Waals surface area (Å²) < 4.78 is 2.01. The molecule has 108 valence electrons. The second-order valence-electron chi connectivity index (χ2n) is 5.52. The number of hydrogen-bond donors (Lipinski definition) is 1. The van der Waals surface area contributed by atoms with Crippen LogP contribution in [-0.4, -0.2) is 14.6 Å². The number of nitrogens with zero attached hydrogens (tertiary/aromatic N) is 3. The molecule has 0 aliphatic heterocycles. The Kier molecular flexibility index (Phi) is 3.60. The van der Waals surface area contributed by atoms with Crippen LogP contribution in [0.25, 0.3) is 5.65 Å². The second-order valence-corrected chi connectivity index (χ2v) is 5.52. The fourth-order valence-corrected chi connectivity index (χ4v) is 2.77. The Morgan fingerprint density at radius 1 is 1.10 bits per heavy atom. The summed E-state index contributed by atoms with van der Waals surface area (Å²) in [6.07, 6.45) is 2.99. The third-order valence-electron chi connectivity index (χ3n) is 4.10. The molecular weight excluding hydrogens is 260 g/mol. The molecule has 0 fully saturated rings. The van der Waals surface area contributed by atoms with Gasteiger partial charge in [-0.2, -0.15) is 0 Å². The maximum atomic E-state index is 5.92. The lowest BCUT2D eigenvalue weighted by atomic mass is 9.85. The molecule has 4 nitrogen and oxygen atoms in total. The standard InChI is InChI=1S/C17H20N4/c1-3-12(2)16(13-7-5-4-6-8-13)17-20-19-15-10-9-14(18)11-21(15)17/h4-12,16H,3,18H2,1-2H3. The van der Waals surface area contributed by atoms with Gasteiger partial charge in [0.15, 0.2) is 5.65 Å². The van der Waals surface area contributed by atoms with Gasteiger partial charge in [0.2, 0.25) is 0 Å². The molecule has 0 saturated carbocycles. The minimum Gasteiger partial charge on any atom is -0.398 e. The largest absolute Gasteiger partial charge is 0.398 e. The molecule has 0 amide bonds. The highest BCUT2D eigenvalue weighted by atomic mass is 15.2. The van der Waals surface area contributed by atoms with Crippen LogP contribution in [-0.2, 0) is 0 Å². The Labute approximate surface area is 124 Å². The number of fused-ring (bicyclic) bond motifs is 1. The molecule has 1 aromatic carbocycles. The van der Waals surface area contributed by atoms with Gasteiger partial charge < -0.3 is 5.73 Å². The van der Waals surface area contributed by atoms with E-state index < -0.39 is 0 Å². The smallest absolute Gasteiger partial charge is 0.160 e. The molecule has 21 heavy (non-hydrogen) atoms. The van der Waals surface area contributed by atoms with E-state index >= 15 is 0 Å². The normalized spacial score (nSPS) is 14.2. The molecule has 2 N–H and O–H groups in total. The van der Waals surface area contributed by atoms with Gasteiger partial charge in [-0.3, -0.25) is 4.40 Å². The van der Waals surface area contributed by atoms with Crippen LogP contribution in [0.15, 0.2) is 48.7 Å². The Morgan fingerprint density at radius 2 is 1.86 bits per heavy atom. The van der Waals surface area contributed by atoms with E-state index in [4.69, 9.17) is 5.73 Å². The van der Waals surface area contributed by atoms with Crippen molar-refractivity contribution >= 4 is 11.3 Å². The fraction of sp³-hybridized carbons (Fsp3) is 0.294. The molecule has 0 saturated heterocycles. The lowest BCUT2D eigenvalue weighted by Crippen LogP contribution is -2.14. The van der Waals surface area contributed by atoms with E-state index in [0.29, 0.717) is 5.92 Å². The average Bonchev–Trinajstić information content (AvgIpc) is 2.91. The molecule has 4 heteroatoms. The van der Waals surface area contributed by atoms with Crippen molar-refractivity contribution in [3.63, 3.8) is 0 Å². The number of rotatable bonds is 4. The van der Waals surface area contributed by atoms with Crippen LogP contribution in [0, 0.1) is 5.92 Å². The van der Waals surface area contributed by atoms with E-state index in [1.54, 1.807) is 0 Å². The lowest BCUT2D eigenvalue weighted by molar-refractivity contribution is 0.476. The van der Waals surface area contributed by atoms with Crippen molar-refractivity contribution in [2.45, 2.75) is 26.2 Å². The molecule has 0 bridgehead atoms. The van der Waals surface area contributed by atoms with Crippen molar-refractivity contribution in [2.24, 2.45) is 5.92 Å². The topological polar surface area (TPSA) is 56.2 Å². The summed E-state index contributed by atoms with van der Waals surface area (Å²) in [7, 11) is 0. The molecule has 2 heterocycles. The predicted octanol–water partition coefficient (Wildman–Crippen LogP) is 3.49. The number of nitrogen functional groups attached to an aromatic ring is 1. The van der Waals surface area contributed by atoms with E-state index in [2.05, 4.69) is 48.3 Å². The van der Waals surface area contributed by atoms with Crippen molar-refractivity contribution in [1.29, 1.82) is 0 Å². The highest BCUT2D eigenvalue weighted by molar-refractivity contribution is 5.48. The van der Waals surface area contributed by atoms with Gasteiger partial charge in [-0.1, -0.05) is 50.6 Å². The monoisotopic (exact) mass is 280 g/mol. The minimum absolute atomic E-state index is 0.216. The Balaban J connectivity index is 2.17. The lowest BCUT2D eigenvalue weighted by Gasteiger charge is -2.22. The molecule has 0 spiro atoms. The summed E-state index contributed by atoms with van der Waals surface area (Å²) in [5, 5.41) is 8.72. The summed E-state index contributed by atoms with van der Waals surface area (Å²) in [6.45, 7) is 4.46. The highest BCUT2D eigenvalue weighted by Crippen LogP contribution is 2.33. The summed E-state index contributed by atoms with van der Waals surface area (Å²) in [5.74, 6) is 1.65. The van der Waals surface area contributed by atoms with E-state index in [9.17, 15) is 0 Å². The van der Waals surface area contributed by atoms with Crippen LogP contribution in [0.4, 0.5) is 5.69 Å². The summed E-state index contributed by atoms with van der Waals surface area (Å²) >= 11 is 0. The van der Waals surface area contributed by atoms with Crippen LogP contribution in [0.5, 0.6) is 0 Å². The van der Waals surface area contributed by atoms with Gasteiger partial charge in [-0.15, -0.1) is 10.2 Å². The first-order valence-corrected chi connectivity index (χ1v) is 7.35. The van der Waals surface area contributed by atoms with Crippen LogP contribution >= 0.6 is 0 Å². The third-order valence-corrected chi connectivity index (χ3v) is 4.10. The van der Waals surface area contributed by atoms with Gasteiger partial charge in [0.1, 0.15) is 5.82 Å². The van der Waals surface area contributed by atoms with Crippen molar-refractivity contribution in [1.82, 2.24) is 14.6 Å². The molecular formula is C17H20N4. The number of anilines is 1. The highest BCUT2D eigenvalue weighted by Gasteiger charge is 2.25. The molecule has 3 aromatic rings. The first-order chi connectivity index (χ1) is 10.2. The molecule has 2 atom stereocenters. The fourth-order valence-electron chi connectivity index (χ4n) is 2.77. The molecule has 0 aliphatic rings. The number of pyridine rings is 1. The van der Waals surface area contributed by atoms with Crippen molar-refractivity contribution < 1.29 is 0 Å². The van der Waals surface area contributed by atoms with Crippen molar-refractivity contribution in [3.8, 4) is 0 Å². The van der Waals surface area contributed by atoms with Crippen molar-refractivity contribution in [2.75, 3.05) is 5.73 Å². The van der Waals surface area contributed by atoms with Gasteiger partial charge in [0.05, 0.1) is 0 Å². The molecule has 3 rings (SSSR count). The van der Waals surface area contributed by atoms with Crippen LogP contribution in [0.1, 0.15) is 37.6 Å². The third kappa shape index (κ3) is 2.49. The Morgan fingerprint density at radius 3 is 2.57 bits per heavy atom. The zero-order valence-electron chi connectivity index (χ0n) is 12.4. The number of hydrogen-bond acceptors (Lipinski definition) is 3. The Bertz CT molecular complexity index is 733. The van der Waals surface area contributed by atoms with Gasteiger partial charge >= 0.3 is 0 Å². The zero-order valence-corrected chi connectivity index (χ0v) is 12.4. The van der Waals surface area contributed by atoms with E-state index in [1.807, 2.05) is 28.8 Å². The number of aromatic nitrogens is 3. The maximum Gasteiger partial charge on any atom is 0.160 e. The summed E-state index contributed by atoms with van der Waals surface area (Å²) in [5.41, 5.74) is 8.75. The zero-order chi connectivity index (χ0) is 14.8. The predicted molar refractivity (Wildman–Crippen MR) is 85.1 cm³/mol. The summed E-state index contributed by atoms with van der Waals surface area (Å²) in [4.78, 5) is 0. The quantitative estimate of drug-likeness (QED) is 0.796. The first kappa shape index (κ1) is 13.6.